The van der Waals surface area contributed by atoms with Gasteiger partial charge in [-0.2, -0.15) is 0 Å². The van der Waals surface area contributed by atoms with Crippen LogP contribution >= 0.6 is 0 Å². The molecule has 0 aliphatic heterocycles. The van der Waals surface area contributed by atoms with E-state index in [0.717, 1.165) is 5.56 Å². The fourth-order valence-electron chi connectivity index (χ4n) is 2.48. The lowest BCUT2D eigenvalue weighted by molar-refractivity contribution is -0.254. The summed E-state index contributed by atoms with van der Waals surface area (Å²) >= 11 is 0. The van der Waals surface area contributed by atoms with E-state index >= 15 is 0 Å². The van der Waals surface area contributed by atoms with Gasteiger partial charge in [-0.05, 0) is 42.7 Å². The van der Waals surface area contributed by atoms with Gasteiger partial charge in [-0.3, -0.25) is 9.59 Å². The summed E-state index contributed by atoms with van der Waals surface area (Å²) in [6.45, 7) is 5.71. The summed E-state index contributed by atoms with van der Waals surface area (Å²) in [6.07, 6.45) is 0.418. The Kier molecular flexibility index (Phi) is 6.11. The topological polar surface area (TPSA) is 98.3 Å². The zero-order valence-electron chi connectivity index (χ0n) is 15.0. The molecule has 0 aliphatic rings. The monoisotopic (exact) mass is 353 g/mol. The Morgan fingerprint density at radius 3 is 2.31 bits per heavy atom. The maximum Gasteiger partial charge on any atom is 0.255 e. The second-order valence-electron chi connectivity index (χ2n) is 6.46. The number of benzene rings is 2. The molecule has 136 valence electrons. The fraction of sp³-hybridized carbons (Fsp3) is 0.250. The van der Waals surface area contributed by atoms with Crippen LogP contribution in [0.4, 0.5) is 11.4 Å². The van der Waals surface area contributed by atoms with Crippen LogP contribution in [-0.4, -0.2) is 17.8 Å². The molecular weight excluding hydrogens is 332 g/mol. The summed E-state index contributed by atoms with van der Waals surface area (Å²) in [6, 6.07) is 10.9. The highest BCUT2D eigenvalue weighted by atomic mass is 16.4. The second-order valence-corrected chi connectivity index (χ2v) is 6.46. The number of para-hydroxylation sites is 1. The zero-order valence-corrected chi connectivity index (χ0v) is 15.0. The molecule has 0 fully saturated rings. The number of hydrogen-bond acceptors (Lipinski definition) is 4. The maximum atomic E-state index is 12.4. The lowest BCUT2D eigenvalue weighted by Gasteiger charge is -2.13. The molecule has 0 saturated carbocycles. The van der Waals surface area contributed by atoms with Crippen molar-refractivity contribution in [3.63, 3.8) is 0 Å². The van der Waals surface area contributed by atoms with E-state index in [0.29, 0.717) is 17.7 Å². The molecule has 0 aliphatic carbocycles. The third-order valence-electron chi connectivity index (χ3n) is 3.75. The first-order valence-electron chi connectivity index (χ1n) is 8.30. The molecule has 0 unspecified atom stereocenters. The first kappa shape index (κ1) is 19.2. The van der Waals surface area contributed by atoms with Crippen LogP contribution < -0.4 is 15.7 Å². The van der Waals surface area contributed by atoms with Gasteiger partial charge in [0.05, 0.1) is 11.7 Å². The van der Waals surface area contributed by atoms with Gasteiger partial charge >= 0.3 is 0 Å². The summed E-state index contributed by atoms with van der Waals surface area (Å²) < 4.78 is 0. The van der Waals surface area contributed by atoms with Crippen LogP contribution in [0, 0.1) is 12.8 Å². The van der Waals surface area contributed by atoms with Crippen LogP contribution in [0.15, 0.2) is 42.5 Å². The number of carbonyl (C=O) groups excluding carboxylic acids is 3. The number of rotatable bonds is 6. The van der Waals surface area contributed by atoms with Crippen LogP contribution in [0.2, 0.25) is 0 Å². The summed E-state index contributed by atoms with van der Waals surface area (Å²) in [5.74, 6) is -1.63. The molecule has 2 amide bonds. The van der Waals surface area contributed by atoms with Crippen molar-refractivity contribution in [1.82, 2.24) is 0 Å². The lowest BCUT2D eigenvalue weighted by Crippen LogP contribution is -2.24. The third-order valence-corrected chi connectivity index (χ3v) is 3.75. The Hall–Kier alpha value is -3.15. The van der Waals surface area contributed by atoms with Crippen molar-refractivity contribution in [2.24, 2.45) is 5.92 Å². The predicted molar refractivity (Wildman–Crippen MR) is 98.0 cm³/mol. The normalized spacial score (nSPS) is 10.5. The van der Waals surface area contributed by atoms with Crippen molar-refractivity contribution in [3.8, 4) is 0 Å². The van der Waals surface area contributed by atoms with Crippen LogP contribution in [-0.2, 0) is 4.79 Å². The molecular formula is C20H21N2O4-. The van der Waals surface area contributed by atoms with E-state index in [4.69, 9.17) is 0 Å². The molecule has 0 spiro atoms. The summed E-state index contributed by atoms with van der Waals surface area (Å²) in [4.78, 5) is 35.4. The maximum absolute atomic E-state index is 12.4. The highest BCUT2D eigenvalue weighted by Crippen LogP contribution is 2.20. The van der Waals surface area contributed by atoms with Gasteiger partial charge in [0.2, 0.25) is 5.91 Å². The minimum atomic E-state index is -1.36. The number of carboxylic acids is 1. The Morgan fingerprint density at radius 2 is 1.69 bits per heavy atom. The smallest absolute Gasteiger partial charge is 0.255 e. The SMILES string of the molecule is Cc1cc(C(=O)Nc2ccccc2C(=O)[O-])ccc1NC(=O)CC(C)C. The lowest BCUT2D eigenvalue weighted by atomic mass is 10.1. The number of anilines is 2. The van der Waals surface area contributed by atoms with Crippen molar-refractivity contribution in [2.45, 2.75) is 27.2 Å². The molecule has 6 nitrogen and oxygen atoms in total. The van der Waals surface area contributed by atoms with Crippen molar-refractivity contribution in [1.29, 1.82) is 0 Å². The van der Waals surface area contributed by atoms with E-state index in [1.807, 2.05) is 13.8 Å². The molecule has 6 heteroatoms. The number of hydrogen-bond donors (Lipinski definition) is 2. The van der Waals surface area contributed by atoms with Crippen molar-refractivity contribution in [3.05, 3.63) is 59.2 Å². The average molecular weight is 353 g/mol. The first-order valence-corrected chi connectivity index (χ1v) is 8.30. The van der Waals surface area contributed by atoms with E-state index in [9.17, 15) is 19.5 Å². The van der Waals surface area contributed by atoms with Gasteiger partial charge < -0.3 is 20.5 Å². The minimum absolute atomic E-state index is 0.0804. The number of amides is 2. The summed E-state index contributed by atoms with van der Waals surface area (Å²) in [5, 5.41) is 16.5. The van der Waals surface area contributed by atoms with Gasteiger partial charge in [0.25, 0.3) is 5.91 Å². The molecule has 2 N–H and O–H groups in total. The van der Waals surface area contributed by atoms with Gasteiger partial charge in [-0.1, -0.05) is 32.0 Å². The fourth-order valence-corrected chi connectivity index (χ4v) is 2.48. The molecule has 0 heterocycles. The molecule has 0 saturated heterocycles. The van der Waals surface area contributed by atoms with Crippen LogP contribution in [0.1, 0.15) is 46.5 Å². The highest BCUT2D eigenvalue weighted by Gasteiger charge is 2.12. The van der Waals surface area contributed by atoms with Gasteiger partial charge in [0.15, 0.2) is 0 Å². The number of carbonyl (C=O) groups is 3. The number of aromatic carboxylic acids is 1. The van der Waals surface area contributed by atoms with E-state index in [-0.39, 0.29) is 23.1 Å². The van der Waals surface area contributed by atoms with Crippen LogP contribution in [0.5, 0.6) is 0 Å². The van der Waals surface area contributed by atoms with Gasteiger partial charge in [0, 0.05) is 23.2 Å². The quantitative estimate of drug-likeness (QED) is 0.834. The van der Waals surface area contributed by atoms with E-state index in [1.165, 1.54) is 12.1 Å². The Morgan fingerprint density at radius 1 is 1.00 bits per heavy atom. The van der Waals surface area contributed by atoms with Gasteiger partial charge in [0.1, 0.15) is 0 Å². The van der Waals surface area contributed by atoms with E-state index < -0.39 is 11.9 Å². The number of carboxylic acid groups (broad SMARTS) is 1. The largest absolute Gasteiger partial charge is 0.545 e. The molecule has 0 atom stereocenters. The van der Waals surface area contributed by atoms with Crippen molar-refractivity contribution in [2.75, 3.05) is 10.6 Å². The van der Waals surface area contributed by atoms with E-state index in [1.54, 1.807) is 37.3 Å². The average Bonchev–Trinajstić information content (AvgIpc) is 2.56. The van der Waals surface area contributed by atoms with Gasteiger partial charge in [-0.25, -0.2) is 0 Å². The molecule has 0 radical (unpaired) electrons. The predicted octanol–water partition coefficient (Wildman–Crippen LogP) is 2.60. The standard InChI is InChI=1S/C20H22N2O4/c1-12(2)10-18(23)21-16-9-8-14(11-13(16)3)19(24)22-17-7-5-4-6-15(17)20(25)26/h4-9,11-12H,10H2,1-3H3,(H,21,23)(H,22,24)(H,25,26)/p-1. The molecule has 0 bridgehead atoms. The first-order chi connectivity index (χ1) is 12.3. The zero-order chi connectivity index (χ0) is 19.3. The highest BCUT2D eigenvalue weighted by molar-refractivity contribution is 6.08. The molecule has 0 aromatic heterocycles. The van der Waals surface area contributed by atoms with Gasteiger partial charge in [-0.15, -0.1) is 0 Å². The molecule has 2 aromatic rings. The summed E-state index contributed by atoms with van der Waals surface area (Å²) in [7, 11) is 0. The third kappa shape index (κ3) is 4.92. The van der Waals surface area contributed by atoms with Crippen molar-refractivity contribution < 1.29 is 19.5 Å². The van der Waals surface area contributed by atoms with Crippen LogP contribution in [0.25, 0.3) is 0 Å². The Labute approximate surface area is 152 Å². The molecule has 26 heavy (non-hydrogen) atoms. The van der Waals surface area contributed by atoms with Crippen molar-refractivity contribution >= 4 is 29.2 Å². The minimum Gasteiger partial charge on any atom is -0.545 e. The second kappa shape index (κ2) is 8.29. The van der Waals surface area contributed by atoms with Crippen LogP contribution in [0.3, 0.4) is 0 Å². The Bertz CT molecular complexity index is 843. The molecule has 2 rings (SSSR count). The Balaban J connectivity index is 2.15. The number of nitrogens with one attached hydrogen (secondary N) is 2. The number of aryl methyl sites for hydroxylation is 1. The molecule has 2 aromatic carbocycles. The van der Waals surface area contributed by atoms with E-state index in [2.05, 4.69) is 10.6 Å². The summed E-state index contributed by atoms with van der Waals surface area (Å²) in [5.41, 5.74) is 1.82.